The van der Waals surface area contributed by atoms with Crippen LogP contribution in [0.3, 0.4) is 0 Å². The number of fused-ring (bicyclic) bond motifs is 1. The molecule has 2 amide bonds. The van der Waals surface area contributed by atoms with Crippen molar-refractivity contribution < 1.29 is 9.59 Å². The predicted molar refractivity (Wildman–Crippen MR) is 105 cm³/mol. The Bertz CT molecular complexity index is 952. The lowest BCUT2D eigenvalue weighted by atomic mass is 10.0. The topological polar surface area (TPSA) is 97.1 Å². The number of benzene rings is 2. The number of rotatable bonds is 6. The van der Waals surface area contributed by atoms with E-state index in [1.165, 1.54) is 11.3 Å². The van der Waals surface area contributed by atoms with Gasteiger partial charge in [-0.15, -0.1) is 0 Å². The van der Waals surface area contributed by atoms with E-state index in [-0.39, 0.29) is 18.4 Å². The third kappa shape index (κ3) is 4.25. The van der Waals surface area contributed by atoms with Crippen LogP contribution in [0, 0.1) is 6.92 Å². The number of aromatic nitrogens is 1. The van der Waals surface area contributed by atoms with Gasteiger partial charge in [-0.3, -0.25) is 14.9 Å². The quantitative estimate of drug-likeness (QED) is 0.623. The molecule has 0 spiro atoms. The average Bonchev–Trinajstić information content (AvgIpc) is 3.03. The molecule has 2 aromatic carbocycles. The fourth-order valence-corrected chi connectivity index (χ4v) is 3.58. The molecule has 6 nitrogen and oxygen atoms in total. The molecule has 3 aromatic rings. The standard InChI is InChI=1S/C19H20N4O2S/c1-12-6-7-15-16(10-12)26-19(22-15)23-18(25)14-5-3-2-4-13(14)8-9-21-17(24)11-20/h2-7,10H,8-9,11,20H2,1H3,(H,21,24)(H,22,23,25). The van der Waals surface area contributed by atoms with Crippen LogP contribution in [0.2, 0.25) is 0 Å². The summed E-state index contributed by atoms with van der Waals surface area (Å²) in [6.07, 6.45) is 0.550. The maximum absolute atomic E-state index is 12.7. The normalized spacial score (nSPS) is 10.7. The van der Waals surface area contributed by atoms with Gasteiger partial charge in [0, 0.05) is 12.1 Å². The van der Waals surface area contributed by atoms with Gasteiger partial charge in [0.05, 0.1) is 16.8 Å². The second-order valence-corrected chi connectivity index (χ2v) is 6.94. The average molecular weight is 368 g/mol. The highest BCUT2D eigenvalue weighted by Crippen LogP contribution is 2.27. The molecular formula is C19H20N4O2S. The van der Waals surface area contributed by atoms with Crippen molar-refractivity contribution in [3.63, 3.8) is 0 Å². The lowest BCUT2D eigenvalue weighted by molar-refractivity contribution is -0.119. The summed E-state index contributed by atoms with van der Waals surface area (Å²) in [4.78, 5) is 28.4. The number of hydrogen-bond donors (Lipinski definition) is 3. The Kier molecular flexibility index (Phi) is 5.60. The van der Waals surface area contributed by atoms with Crippen molar-refractivity contribution in [1.29, 1.82) is 0 Å². The van der Waals surface area contributed by atoms with Gasteiger partial charge >= 0.3 is 0 Å². The third-order valence-corrected chi connectivity index (χ3v) is 4.86. The Morgan fingerprint density at radius 1 is 1.19 bits per heavy atom. The maximum Gasteiger partial charge on any atom is 0.257 e. The SMILES string of the molecule is Cc1ccc2nc(NC(=O)c3ccccc3CCNC(=O)CN)sc2c1. The van der Waals surface area contributed by atoms with Crippen molar-refractivity contribution in [3.05, 3.63) is 59.2 Å². The van der Waals surface area contributed by atoms with Gasteiger partial charge < -0.3 is 11.1 Å². The molecule has 0 atom stereocenters. The first-order valence-corrected chi connectivity index (χ1v) is 9.11. The number of hydrogen-bond acceptors (Lipinski definition) is 5. The largest absolute Gasteiger partial charge is 0.355 e. The Balaban J connectivity index is 1.73. The van der Waals surface area contributed by atoms with Crippen LogP contribution in [0.5, 0.6) is 0 Å². The minimum Gasteiger partial charge on any atom is -0.355 e. The molecule has 0 bridgehead atoms. The Hall–Kier alpha value is -2.77. The summed E-state index contributed by atoms with van der Waals surface area (Å²) in [7, 11) is 0. The minimum absolute atomic E-state index is 0.0424. The lowest BCUT2D eigenvalue weighted by Crippen LogP contribution is -2.32. The first-order valence-electron chi connectivity index (χ1n) is 8.30. The number of anilines is 1. The van der Waals surface area contributed by atoms with Crippen LogP contribution in [-0.2, 0) is 11.2 Å². The number of carbonyl (C=O) groups excluding carboxylic acids is 2. The van der Waals surface area contributed by atoms with Gasteiger partial charge in [0.2, 0.25) is 5.91 Å². The van der Waals surface area contributed by atoms with Gasteiger partial charge in [0.1, 0.15) is 0 Å². The predicted octanol–water partition coefficient (Wildman–Crippen LogP) is 2.47. The number of nitrogens with two attached hydrogens (primary N) is 1. The smallest absolute Gasteiger partial charge is 0.257 e. The van der Waals surface area contributed by atoms with Gasteiger partial charge in [0.25, 0.3) is 5.91 Å². The van der Waals surface area contributed by atoms with E-state index in [9.17, 15) is 9.59 Å². The van der Waals surface area contributed by atoms with Crippen LogP contribution < -0.4 is 16.4 Å². The van der Waals surface area contributed by atoms with Crippen LogP contribution in [0.4, 0.5) is 5.13 Å². The zero-order valence-electron chi connectivity index (χ0n) is 14.4. The highest BCUT2D eigenvalue weighted by atomic mass is 32.1. The molecule has 0 aliphatic carbocycles. The molecule has 0 aliphatic rings. The van der Waals surface area contributed by atoms with Gasteiger partial charge in [-0.1, -0.05) is 35.6 Å². The van der Waals surface area contributed by atoms with E-state index < -0.39 is 0 Å². The van der Waals surface area contributed by atoms with Crippen LogP contribution in [0.15, 0.2) is 42.5 Å². The van der Waals surface area contributed by atoms with Crippen LogP contribution in [-0.4, -0.2) is 29.9 Å². The number of carbonyl (C=O) groups is 2. The summed E-state index contributed by atoms with van der Waals surface area (Å²) < 4.78 is 1.04. The summed E-state index contributed by atoms with van der Waals surface area (Å²) in [5.74, 6) is -0.418. The summed E-state index contributed by atoms with van der Waals surface area (Å²) in [5.41, 5.74) is 8.73. The number of nitrogens with one attached hydrogen (secondary N) is 2. The summed E-state index contributed by atoms with van der Waals surface area (Å²) in [6, 6.07) is 13.3. The lowest BCUT2D eigenvalue weighted by Gasteiger charge is -2.09. The first kappa shape index (κ1) is 18.0. The highest BCUT2D eigenvalue weighted by Gasteiger charge is 2.13. The van der Waals surface area contributed by atoms with E-state index in [0.29, 0.717) is 23.7 Å². The second kappa shape index (κ2) is 8.07. The van der Waals surface area contributed by atoms with Crippen molar-refractivity contribution in [2.75, 3.05) is 18.4 Å². The summed E-state index contributed by atoms with van der Waals surface area (Å²) >= 11 is 1.45. The molecule has 0 radical (unpaired) electrons. The molecule has 0 unspecified atom stereocenters. The molecule has 1 aromatic heterocycles. The van der Waals surface area contributed by atoms with Crippen LogP contribution >= 0.6 is 11.3 Å². The van der Waals surface area contributed by atoms with E-state index >= 15 is 0 Å². The van der Waals surface area contributed by atoms with E-state index in [1.54, 1.807) is 6.07 Å². The van der Waals surface area contributed by atoms with Crippen molar-refractivity contribution in [3.8, 4) is 0 Å². The molecule has 7 heteroatoms. The minimum atomic E-state index is -0.211. The molecule has 0 saturated heterocycles. The third-order valence-electron chi connectivity index (χ3n) is 3.93. The van der Waals surface area contributed by atoms with Gasteiger partial charge in [-0.25, -0.2) is 4.98 Å². The van der Waals surface area contributed by atoms with E-state index in [2.05, 4.69) is 21.7 Å². The van der Waals surface area contributed by atoms with Crippen LogP contribution in [0.25, 0.3) is 10.2 Å². The fourth-order valence-electron chi connectivity index (χ4n) is 2.62. The van der Waals surface area contributed by atoms with Crippen LogP contribution in [0.1, 0.15) is 21.5 Å². The zero-order chi connectivity index (χ0) is 18.5. The van der Waals surface area contributed by atoms with Crippen molar-refractivity contribution in [2.45, 2.75) is 13.3 Å². The zero-order valence-corrected chi connectivity index (χ0v) is 15.2. The molecule has 134 valence electrons. The Morgan fingerprint density at radius 2 is 2.00 bits per heavy atom. The number of nitrogens with zero attached hydrogens (tertiary/aromatic N) is 1. The molecular weight excluding hydrogens is 348 g/mol. The second-order valence-electron chi connectivity index (χ2n) is 5.91. The summed E-state index contributed by atoms with van der Waals surface area (Å²) in [6.45, 7) is 2.41. The van der Waals surface area contributed by atoms with Crippen molar-refractivity contribution in [2.24, 2.45) is 5.73 Å². The first-order chi connectivity index (χ1) is 12.6. The van der Waals surface area contributed by atoms with E-state index in [4.69, 9.17) is 5.73 Å². The molecule has 4 N–H and O–H groups in total. The molecule has 3 rings (SSSR count). The highest BCUT2D eigenvalue weighted by molar-refractivity contribution is 7.22. The number of amides is 2. The fraction of sp³-hybridized carbons (Fsp3) is 0.211. The molecule has 0 saturated carbocycles. The molecule has 0 fully saturated rings. The van der Waals surface area contributed by atoms with E-state index in [1.807, 2.05) is 37.3 Å². The molecule has 1 heterocycles. The Labute approximate surface area is 155 Å². The number of aryl methyl sites for hydroxylation is 1. The summed E-state index contributed by atoms with van der Waals surface area (Å²) in [5, 5.41) is 6.16. The van der Waals surface area contributed by atoms with Gasteiger partial charge in [-0.05, 0) is 42.7 Å². The molecule has 26 heavy (non-hydrogen) atoms. The maximum atomic E-state index is 12.7. The van der Waals surface area contributed by atoms with Gasteiger partial charge in [-0.2, -0.15) is 0 Å². The van der Waals surface area contributed by atoms with Crippen molar-refractivity contribution >= 4 is 38.5 Å². The number of thiazole rings is 1. The van der Waals surface area contributed by atoms with Crippen molar-refractivity contribution in [1.82, 2.24) is 10.3 Å². The molecule has 0 aliphatic heterocycles. The van der Waals surface area contributed by atoms with Gasteiger partial charge in [0.15, 0.2) is 5.13 Å². The monoisotopic (exact) mass is 368 g/mol. The Morgan fingerprint density at radius 3 is 2.81 bits per heavy atom. The van der Waals surface area contributed by atoms with E-state index in [0.717, 1.165) is 21.3 Å².